The first-order valence-corrected chi connectivity index (χ1v) is 13.1. The number of fused-ring (bicyclic) bond motifs is 3. The smallest absolute Gasteiger partial charge is 0.271 e. The zero-order valence-corrected chi connectivity index (χ0v) is 21.2. The maximum absolute atomic E-state index is 14.0. The lowest BCUT2D eigenvalue weighted by atomic mass is 9.90. The van der Waals surface area contributed by atoms with Gasteiger partial charge in [0, 0.05) is 24.2 Å². The van der Waals surface area contributed by atoms with Gasteiger partial charge in [0.25, 0.3) is 5.91 Å². The topological polar surface area (TPSA) is 67.5 Å². The summed E-state index contributed by atoms with van der Waals surface area (Å²) in [6, 6.07) is 14.2. The van der Waals surface area contributed by atoms with Crippen LogP contribution in [-0.2, 0) is 17.8 Å². The molecule has 1 aromatic carbocycles. The van der Waals surface area contributed by atoms with Gasteiger partial charge in [-0.15, -0.1) is 0 Å². The van der Waals surface area contributed by atoms with Gasteiger partial charge in [-0.25, -0.2) is 0 Å². The summed E-state index contributed by atoms with van der Waals surface area (Å²) in [5.74, 6) is 0.664. The predicted molar refractivity (Wildman–Crippen MR) is 137 cm³/mol. The molecule has 1 saturated carbocycles. The molecule has 35 heavy (non-hydrogen) atoms. The second-order valence-corrected chi connectivity index (χ2v) is 10.7. The highest BCUT2D eigenvalue weighted by Gasteiger charge is 2.50. The van der Waals surface area contributed by atoms with Crippen LogP contribution in [0.2, 0.25) is 0 Å². The fraction of sp³-hybridized carbons (Fsp3) is 0.517. The Morgan fingerprint density at radius 1 is 1.14 bits per heavy atom. The monoisotopic (exact) mass is 475 g/mol. The molecule has 0 saturated heterocycles. The molecule has 1 N–H and O–H groups in total. The van der Waals surface area contributed by atoms with E-state index in [2.05, 4.69) is 24.4 Å². The summed E-state index contributed by atoms with van der Waals surface area (Å²) in [5.41, 5.74) is 2.45. The Hall–Kier alpha value is -3.02. The Bertz CT molecular complexity index is 1200. The second-order valence-electron chi connectivity index (χ2n) is 10.7. The summed E-state index contributed by atoms with van der Waals surface area (Å²) >= 11 is 0. The lowest BCUT2D eigenvalue weighted by Gasteiger charge is -2.47. The van der Waals surface area contributed by atoms with Crippen LogP contribution >= 0.6 is 0 Å². The number of hydrogen-bond acceptors (Lipinski definition) is 3. The summed E-state index contributed by atoms with van der Waals surface area (Å²) < 4.78 is 7.83. The van der Waals surface area contributed by atoms with Crippen molar-refractivity contribution in [2.75, 3.05) is 0 Å². The normalized spacial score (nSPS) is 22.1. The van der Waals surface area contributed by atoms with E-state index in [1.165, 1.54) is 18.4 Å². The van der Waals surface area contributed by atoms with Gasteiger partial charge in [0.2, 0.25) is 5.91 Å². The van der Waals surface area contributed by atoms with E-state index in [0.29, 0.717) is 17.8 Å². The summed E-state index contributed by atoms with van der Waals surface area (Å²) in [6.45, 7) is 6.35. The van der Waals surface area contributed by atoms with Crippen LogP contribution in [0.3, 0.4) is 0 Å². The molecule has 0 radical (unpaired) electrons. The minimum Gasteiger partial charge on any atom is -0.460 e. The molecule has 1 aliphatic heterocycles. The number of carbonyl (C=O) groups excluding carboxylic acids is 2. The Balaban J connectivity index is 1.47. The largest absolute Gasteiger partial charge is 0.460 e. The van der Waals surface area contributed by atoms with Gasteiger partial charge in [-0.2, -0.15) is 0 Å². The minimum atomic E-state index is -0.983. The number of aromatic nitrogens is 1. The number of hydrogen-bond donors (Lipinski definition) is 1. The fourth-order valence-corrected chi connectivity index (χ4v) is 6.03. The molecule has 1 aliphatic carbocycles. The molecule has 2 aliphatic rings. The number of nitrogens with zero attached hydrogens (tertiary/aromatic N) is 2. The van der Waals surface area contributed by atoms with Crippen LogP contribution < -0.4 is 5.32 Å². The van der Waals surface area contributed by atoms with Gasteiger partial charge in [0.15, 0.2) is 5.58 Å². The van der Waals surface area contributed by atoms with Crippen molar-refractivity contribution in [3.8, 4) is 0 Å². The average molecular weight is 476 g/mol. The van der Waals surface area contributed by atoms with Crippen molar-refractivity contribution in [3.63, 3.8) is 0 Å². The Labute approximate surface area is 207 Å². The molecule has 0 unspecified atom stereocenters. The number of amides is 2. The number of aryl methyl sites for hydroxylation is 2. The third-order valence-corrected chi connectivity index (χ3v) is 7.96. The highest BCUT2D eigenvalue weighted by molar-refractivity contribution is 6.03. The standard InChI is InChI=1S/C29H37N3O3/c1-20(15-16-22-11-7-6-8-12-22)32-27(33)25-18-26-24(17-21(2)35-26)31(25)19-29(32,3)28(34)30-23-13-9-4-5-10-14-23/h6-8,11-12,17-18,20,23H,4-5,9-10,13-16,19H2,1-3H3,(H,30,34)/t20-,29+/m1/s1. The maximum atomic E-state index is 14.0. The Kier molecular flexibility index (Phi) is 6.47. The number of nitrogens with one attached hydrogen (secondary N) is 1. The number of furan rings is 1. The third-order valence-electron chi connectivity index (χ3n) is 7.96. The minimum absolute atomic E-state index is 0.0444. The van der Waals surface area contributed by atoms with Crippen molar-refractivity contribution < 1.29 is 14.0 Å². The Morgan fingerprint density at radius 2 is 1.86 bits per heavy atom. The van der Waals surface area contributed by atoms with E-state index >= 15 is 0 Å². The summed E-state index contributed by atoms with van der Waals surface area (Å²) in [5, 5.41) is 3.35. The van der Waals surface area contributed by atoms with E-state index in [4.69, 9.17) is 4.42 Å². The molecule has 2 amide bonds. The molecule has 0 spiro atoms. The maximum Gasteiger partial charge on any atom is 0.271 e. The second kappa shape index (κ2) is 9.56. The van der Waals surface area contributed by atoms with Crippen molar-refractivity contribution in [3.05, 3.63) is 59.5 Å². The quantitative estimate of drug-likeness (QED) is 0.471. The van der Waals surface area contributed by atoms with Crippen LogP contribution in [0.25, 0.3) is 11.1 Å². The zero-order chi connectivity index (χ0) is 24.6. The van der Waals surface area contributed by atoms with E-state index in [9.17, 15) is 9.59 Å². The van der Waals surface area contributed by atoms with Crippen molar-refractivity contribution >= 4 is 22.9 Å². The van der Waals surface area contributed by atoms with Crippen LogP contribution in [-0.4, -0.2) is 38.9 Å². The lowest BCUT2D eigenvalue weighted by Crippen LogP contribution is -2.67. The molecule has 186 valence electrons. The zero-order valence-electron chi connectivity index (χ0n) is 21.2. The first-order chi connectivity index (χ1) is 16.9. The van der Waals surface area contributed by atoms with Crippen molar-refractivity contribution in [1.29, 1.82) is 0 Å². The SMILES string of the molecule is Cc1cc2c(cc3n2C[C@@](C)(C(=O)NC2CCCCCC2)N([C@H](C)CCc2ccccc2)C3=O)o1. The van der Waals surface area contributed by atoms with Gasteiger partial charge in [-0.05, 0) is 52.0 Å². The van der Waals surface area contributed by atoms with Crippen molar-refractivity contribution in [2.24, 2.45) is 0 Å². The van der Waals surface area contributed by atoms with E-state index in [1.54, 1.807) is 0 Å². The molecule has 2 aromatic heterocycles. The predicted octanol–water partition coefficient (Wildman–Crippen LogP) is 5.62. The van der Waals surface area contributed by atoms with E-state index in [0.717, 1.165) is 49.8 Å². The number of carbonyl (C=O) groups is 2. The average Bonchev–Trinajstić information content (AvgIpc) is 3.23. The van der Waals surface area contributed by atoms with Crippen LogP contribution in [0.15, 0.2) is 46.9 Å². The van der Waals surface area contributed by atoms with Crippen LogP contribution in [0, 0.1) is 6.92 Å². The van der Waals surface area contributed by atoms with Crippen molar-refractivity contribution in [2.45, 2.75) is 96.3 Å². The van der Waals surface area contributed by atoms with Gasteiger partial charge in [0.1, 0.15) is 17.0 Å². The highest BCUT2D eigenvalue weighted by atomic mass is 16.3. The van der Waals surface area contributed by atoms with Crippen molar-refractivity contribution in [1.82, 2.24) is 14.8 Å². The molecule has 3 heterocycles. The Morgan fingerprint density at radius 3 is 2.57 bits per heavy atom. The molecule has 6 nitrogen and oxygen atoms in total. The first-order valence-electron chi connectivity index (χ1n) is 13.1. The fourth-order valence-electron chi connectivity index (χ4n) is 6.03. The first kappa shape index (κ1) is 23.7. The van der Waals surface area contributed by atoms with E-state index in [1.807, 2.05) is 53.6 Å². The third kappa shape index (κ3) is 4.51. The van der Waals surface area contributed by atoms with E-state index < -0.39 is 5.54 Å². The molecule has 3 aromatic rings. The van der Waals surface area contributed by atoms with Gasteiger partial charge >= 0.3 is 0 Å². The summed E-state index contributed by atoms with van der Waals surface area (Å²) in [6.07, 6.45) is 8.43. The van der Waals surface area contributed by atoms with Gasteiger partial charge in [-0.1, -0.05) is 56.0 Å². The molecular weight excluding hydrogens is 438 g/mol. The molecule has 5 rings (SSSR count). The molecule has 1 fully saturated rings. The van der Waals surface area contributed by atoms with Crippen LogP contribution in [0.4, 0.5) is 0 Å². The van der Waals surface area contributed by atoms with Gasteiger partial charge in [-0.3, -0.25) is 9.59 Å². The van der Waals surface area contributed by atoms with E-state index in [-0.39, 0.29) is 23.9 Å². The van der Waals surface area contributed by atoms with Gasteiger partial charge in [0.05, 0.1) is 12.1 Å². The van der Waals surface area contributed by atoms with Crippen LogP contribution in [0.5, 0.6) is 0 Å². The van der Waals surface area contributed by atoms with Crippen LogP contribution in [0.1, 0.15) is 80.6 Å². The summed E-state index contributed by atoms with van der Waals surface area (Å²) in [7, 11) is 0. The number of benzene rings is 1. The lowest BCUT2D eigenvalue weighted by molar-refractivity contribution is -0.135. The molecule has 2 atom stereocenters. The van der Waals surface area contributed by atoms with Gasteiger partial charge < -0.3 is 19.2 Å². The highest BCUT2D eigenvalue weighted by Crippen LogP contribution is 2.36. The molecular formula is C29H37N3O3. The summed E-state index contributed by atoms with van der Waals surface area (Å²) in [4.78, 5) is 29.8. The number of rotatable bonds is 6. The molecule has 6 heteroatoms. The molecule has 0 bridgehead atoms.